The molecule has 2 saturated carbocycles. The van der Waals surface area contributed by atoms with Crippen LogP contribution >= 0.6 is 0 Å². The number of hydrogen-bond acceptors (Lipinski definition) is 17. The van der Waals surface area contributed by atoms with E-state index >= 15 is 13.6 Å². The van der Waals surface area contributed by atoms with Crippen molar-refractivity contribution in [2.75, 3.05) is 54.6 Å². The van der Waals surface area contributed by atoms with Gasteiger partial charge in [-0.15, -0.1) is 0 Å². The number of amides is 4. The molecule has 4 aliphatic rings. The Bertz CT molecular complexity index is 3180. The number of halogens is 2. The highest BCUT2D eigenvalue weighted by atomic mass is 19.1. The standard InChI is InChI=1S/C70H92F2N4O17/c1-44(57(77)74(11)54(42-68(8,9)72)61(81)92-56(62(82)88-43-48-17-15-14-16-18-48)40-47-21-25-50(26-22-47)52-29-37-87-38-30-52)89-63(83)69(31-32-69)75(12)59(79)55(39-46-19-23-49(24-20-46)51-27-35-86-36-28-51)91-60(80)53(41-67(6,7)71)73(10)58(78)45(2)90-64(84)70(33-34-70)76(13)65(85)93-66(3,4)5/h14-26,29,44-45,51,53-56H,27-28,30-43H2,1-13H3/t44-,45-,53+,54+,55-,56-/m1/s1. The van der Waals surface area contributed by atoms with Crippen LogP contribution in [0.25, 0.3) is 5.57 Å². The highest BCUT2D eigenvalue weighted by Gasteiger charge is 2.60. The first-order valence-corrected chi connectivity index (χ1v) is 31.8. The van der Waals surface area contributed by atoms with E-state index in [2.05, 4.69) is 0 Å². The molecule has 23 heteroatoms. The Hall–Kier alpha value is -7.79. The van der Waals surface area contributed by atoms with Crippen LogP contribution in [0.5, 0.6) is 0 Å². The van der Waals surface area contributed by atoms with Crippen molar-refractivity contribution in [3.05, 3.63) is 113 Å². The van der Waals surface area contributed by atoms with Gasteiger partial charge in [-0.25, -0.2) is 37.5 Å². The topological polar surface area (TPSA) is 240 Å². The van der Waals surface area contributed by atoms with Crippen molar-refractivity contribution in [3.63, 3.8) is 0 Å². The minimum Gasteiger partial charge on any atom is -0.458 e. The summed E-state index contributed by atoms with van der Waals surface area (Å²) in [7, 11) is 5.10. The van der Waals surface area contributed by atoms with E-state index in [1.807, 2.05) is 30.3 Å². The number of nitrogens with zero attached hydrogens (tertiary/aromatic N) is 4. The first-order valence-electron chi connectivity index (χ1n) is 31.8. The predicted molar refractivity (Wildman–Crippen MR) is 337 cm³/mol. The zero-order valence-corrected chi connectivity index (χ0v) is 55.9. The highest BCUT2D eigenvalue weighted by molar-refractivity contribution is 5.96. The van der Waals surface area contributed by atoms with Crippen molar-refractivity contribution < 1.29 is 89.8 Å². The van der Waals surface area contributed by atoms with Crippen LogP contribution in [-0.2, 0) is 95.7 Å². The van der Waals surface area contributed by atoms with E-state index in [1.165, 1.54) is 69.7 Å². The predicted octanol–water partition coefficient (Wildman–Crippen LogP) is 8.92. The number of ether oxygens (including phenoxy) is 8. The monoisotopic (exact) mass is 1300 g/mol. The Balaban J connectivity index is 1.08. The van der Waals surface area contributed by atoms with Gasteiger partial charge in [0, 0.05) is 67.1 Å². The zero-order valence-electron chi connectivity index (χ0n) is 55.9. The first kappa shape index (κ1) is 72.6. The van der Waals surface area contributed by atoms with Crippen LogP contribution in [0.1, 0.15) is 154 Å². The van der Waals surface area contributed by atoms with Gasteiger partial charge in [-0.05, 0) is 147 Å². The Kier molecular flexibility index (Phi) is 23.8. The van der Waals surface area contributed by atoms with E-state index in [0.29, 0.717) is 49.5 Å². The number of carbonyl (C=O) groups is 9. The average Bonchev–Trinajstić information content (AvgIpc) is 1.62. The van der Waals surface area contributed by atoms with Gasteiger partial charge in [0.1, 0.15) is 46.7 Å². The van der Waals surface area contributed by atoms with Crippen molar-refractivity contribution >= 4 is 59.2 Å². The van der Waals surface area contributed by atoms with E-state index in [4.69, 9.17) is 37.9 Å². The normalized spacial score (nSPS) is 18.0. The number of carbonyl (C=O) groups excluding carboxylic acids is 9. The lowest BCUT2D eigenvalue weighted by Crippen LogP contribution is -2.55. The fourth-order valence-electron chi connectivity index (χ4n) is 11.4. The Morgan fingerprint density at radius 2 is 1.03 bits per heavy atom. The summed E-state index contributed by atoms with van der Waals surface area (Å²) in [6.07, 6.45) is -4.06. The molecule has 6 atom stereocenters. The maximum atomic E-state index is 15.8. The molecule has 0 unspecified atom stereocenters. The number of esters is 5. The van der Waals surface area contributed by atoms with E-state index in [9.17, 15) is 38.4 Å². The molecular formula is C70H92F2N4O17. The Labute approximate surface area is 544 Å². The van der Waals surface area contributed by atoms with E-state index in [0.717, 1.165) is 49.1 Å². The molecule has 2 aliphatic carbocycles. The van der Waals surface area contributed by atoms with Crippen LogP contribution in [0.4, 0.5) is 13.6 Å². The van der Waals surface area contributed by atoms with Crippen molar-refractivity contribution in [1.29, 1.82) is 0 Å². The van der Waals surface area contributed by atoms with Crippen molar-refractivity contribution in [2.45, 2.75) is 210 Å². The molecule has 3 fully saturated rings. The van der Waals surface area contributed by atoms with Gasteiger partial charge >= 0.3 is 35.9 Å². The molecule has 4 amide bonds. The molecule has 0 radical (unpaired) electrons. The Morgan fingerprint density at radius 3 is 1.49 bits per heavy atom. The molecule has 508 valence electrons. The number of likely N-dealkylation sites (N-methyl/N-ethyl adjacent to an activating group) is 4. The molecule has 0 spiro atoms. The molecule has 3 aromatic carbocycles. The van der Waals surface area contributed by atoms with Gasteiger partial charge in [0.25, 0.3) is 17.7 Å². The molecule has 0 aromatic heterocycles. The summed E-state index contributed by atoms with van der Waals surface area (Å²) in [5.41, 5.74) is -3.31. The van der Waals surface area contributed by atoms with E-state index < -0.39 is 131 Å². The summed E-state index contributed by atoms with van der Waals surface area (Å²) in [5, 5.41) is 0. The van der Waals surface area contributed by atoms with Crippen LogP contribution in [0.2, 0.25) is 0 Å². The van der Waals surface area contributed by atoms with Crippen molar-refractivity contribution in [2.24, 2.45) is 0 Å². The molecule has 7 rings (SSSR count). The Morgan fingerprint density at radius 1 is 0.559 bits per heavy atom. The summed E-state index contributed by atoms with van der Waals surface area (Å²) >= 11 is 0. The number of rotatable bonds is 28. The SMILES string of the molecule is C[C@@H](OC(=O)C1(N(C)C(=O)OC(C)(C)C)CC1)C(=O)N(C)[C@@H](CC(C)(C)F)C(=O)O[C@H](Cc1ccc(C2CCOCC2)cc1)C(=O)N(C)C1(C(=O)O[C@H](C)C(=O)N(C)[C@@H](CC(C)(C)F)C(=O)O[C@H](Cc2ccc(C3=CCOCC3)cc2)C(=O)OCc2ccccc2)CC1. The van der Waals surface area contributed by atoms with Crippen molar-refractivity contribution in [1.82, 2.24) is 19.6 Å². The molecular weight excluding hydrogens is 1210 g/mol. The summed E-state index contributed by atoms with van der Waals surface area (Å²) in [4.78, 5) is 132. The highest BCUT2D eigenvalue weighted by Crippen LogP contribution is 2.45. The molecule has 0 N–H and O–H groups in total. The zero-order chi connectivity index (χ0) is 68.4. The maximum absolute atomic E-state index is 15.8. The second-order valence-corrected chi connectivity index (χ2v) is 27.1. The summed E-state index contributed by atoms with van der Waals surface area (Å²) in [5.74, 6) is -7.70. The molecule has 2 aliphatic heterocycles. The first-order chi connectivity index (χ1) is 43.6. The van der Waals surface area contributed by atoms with Crippen LogP contribution in [0, 0.1) is 0 Å². The fourth-order valence-corrected chi connectivity index (χ4v) is 11.4. The number of alkyl halides is 2. The van der Waals surface area contributed by atoms with Crippen molar-refractivity contribution in [3.8, 4) is 0 Å². The summed E-state index contributed by atoms with van der Waals surface area (Å²) in [6, 6.07) is 20.2. The minimum absolute atomic E-state index is 0.0367. The van der Waals surface area contributed by atoms with Gasteiger partial charge in [-0.3, -0.25) is 19.3 Å². The van der Waals surface area contributed by atoms with E-state index in [-0.39, 0.29) is 51.0 Å². The van der Waals surface area contributed by atoms with Gasteiger partial charge in [0.15, 0.2) is 18.3 Å². The lowest BCUT2D eigenvalue weighted by Gasteiger charge is -2.35. The van der Waals surface area contributed by atoms with Gasteiger partial charge in [-0.2, -0.15) is 0 Å². The molecule has 1 saturated heterocycles. The smallest absolute Gasteiger partial charge is 0.410 e. The van der Waals surface area contributed by atoms with Gasteiger partial charge in [0.2, 0.25) is 6.10 Å². The third-order valence-corrected chi connectivity index (χ3v) is 17.4. The second-order valence-electron chi connectivity index (χ2n) is 27.1. The van der Waals surface area contributed by atoms with Gasteiger partial charge < -0.3 is 52.6 Å². The largest absolute Gasteiger partial charge is 0.458 e. The lowest BCUT2D eigenvalue weighted by atomic mass is 9.90. The third-order valence-electron chi connectivity index (χ3n) is 17.4. The summed E-state index contributed by atoms with van der Waals surface area (Å²) < 4.78 is 77.2. The minimum atomic E-state index is -2.12. The van der Waals surface area contributed by atoms with Crippen LogP contribution in [-0.4, -0.2) is 192 Å². The van der Waals surface area contributed by atoms with Gasteiger partial charge in [-0.1, -0.05) is 84.9 Å². The molecule has 93 heavy (non-hydrogen) atoms. The van der Waals surface area contributed by atoms with Crippen LogP contribution in [0.15, 0.2) is 84.9 Å². The average molecular weight is 1300 g/mol. The molecule has 3 aromatic rings. The van der Waals surface area contributed by atoms with Crippen LogP contribution < -0.4 is 0 Å². The number of benzene rings is 3. The molecule has 0 bridgehead atoms. The molecule has 21 nitrogen and oxygen atoms in total. The van der Waals surface area contributed by atoms with Crippen LogP contribution in [0.3, 0.4) is 0 Å². The maximum Gasteiger partial charge on any atom is 0.410 e. The number of hydrogen-bond donors (Lipinski definition) is 0. The summed E-state index contributed by atoms with van der Waals surface area (Å²) in [6.45, 7) is 14.4. The second kappa shape index (κ2) is 30.5. The fraction of sp³-hybridized carbons (Fsp3) is 0.586. The lowest BCUT2D eigenvalue weighted by molar-refractivity contribution is -0.177. The third kappa shape index (κ3) is 19.6. The quantitative estimate of drug-likeness (QED) is 0.0487. The van der Waals surface area contributed by atoms with E-state index in [1.54, 1.807) is 75.4 Å². The molecule has 2 heterocycles. The van der Waals surface area contributed by atoms with Gasteiger partial charge in [0.05, 0.1) is 13.2 Å².